The summed E-state index contributed by atoms with van der Waals surface area (Å²) in [5, 5.41) is 41.8. The molecule has 0 aromatic heterocycles. The molecule has 0 spiro atoms. The number of nitrogens with zero attached hydrogens (tertiary/aromatic N) is 1. The maximum absolute atomic E-state index is 10.6. The number of ether oxygens (including phenoxy) is 1. The van der Waals surface area contributed by atoms with Crippen LogP contribution in [0.15, 0.2) is 5.16 Å². The van der Waals surface area contributed by atoms with Crippen LogP contribution in [0.4, 0.5) is 0 Å². The Bertz CT molecular complexity index is 496. The van der Waals surface area contributed by atoms with E-state index in [4.69, 9.17) is 14.4 Å². The van der Waals surface area contributed by atoms with Crippen LogP contribution in [-0.2, 0) is 19.4 Å². The Kier molecular flexibility index (Phi) is 8.17. The SMILES string of the molecule is CCCCC(=NOS(=O)(=O)O)SC1OC(CO)C(O)C(O)C1O. The van der Waals surface area contributed by atoms with E-state index in [2.05, 4.69) is 9.44 Å². The van der Waals surface area contributed by atoms with Crippen LogP contribution >= 0.6 is 11.8 Å². The third-order valence-electron chi connectivity index (χ3n) is 3.08. The Morgan fingerprint density at radius 1 is 1.26 bits per heavy atom. The molecule has 12 heteroatoms. The predicted molar refractivity (Wildman–Crippen MR) is 81.0 cm³/mol. The van der Waals surface area contributed by atoms with Gasteiger partial charge >= 0.3 is 10.4 Å². The highest BCUT2D eigenvalue weighted by Crippen LogP contribution is 2.30. The number of rotatable bonds is 7. The fourth-order valence-corrected chi connectivity index (χ4v) is 3.18. The fraction of sp³-hybridized carbons (Fsp3) is 0.909. The quantitative estimate of drug-likeness (QED) is 0.158. The van der Waals surface area contributed by atoms with Gasteiger partial charge in [0.05, 0.1) is 6.61 Å². The lowest BCUT2D eigenvalue weighted by Crippen LogP contribution is -2.57. The molecule has 0 aromatic rings. The van der Waals surface area contributed by atoms with E-state index in [0.29, 0.717) is 6.42 Å². The lowest BCUT2D eigenvalue weighted by atomic mass is 10.0. The molecule has 10 nitrogen and oxygen atoms in total. The molecule has 0 bridgehead atoms. The summed E-state index contributed by atoms with van der Waals surface area (Å²) in [6.07, 6.45) is -3.94. The van der Waals surface area contributed by atoms with Crippen molar-refractivity contribution < 1.29 is 42.4 Å². The molecule has 1 aliphatic rings. The fourth-order valence-electron chi connectivity index (χ4n) is 1.84. The summed E-state index contributed by atoms with van der Waals surface area (Å²) in [5.74, 6) is 0. The summed E-state index contributed by atoms with van der Waals surface area (Å²) in [5.41, 5.74) is -1.11. The van der Waals surface area contributed by atoms with Gasteiger partial charge in [-0.15, -0.1) is 0 Å². The van der Waals surface area contributed by atoms with E-state index in [9.17, 15) is 23.7 Å². The standard InChI is InChI=1S/C11H21NO9S2/c1-2-3-4-7(12-21-23(17,18)19)22-11-10(16)9(15)8(14)6(5-13)20-11/h6,8-11,13-16H,2-5H2,1H3,(H,17,18,19). The molecule has 5 atom stereocenters. The van der Waals surface area contributed by atoms with Gasteiger partial charge in [-0.2, -0.15) is 8.42 Å². The van der Waals surface area contributed by atoms with Crippen molar-refractivity contribution in [2.75, 3.05) is 6.61 Å². The van der Waals surface area contributed by atoms with Crippen LogP contribution in [0, 0.1) is 0 Å². The largest absolute Gasteiger partial charge is 0.466 e. The molecule has 1 fully saturated rings. The van der Waals surface area contributed by atoms with Gasteiger partial charge in [-0.25, -0.2) is 4.28 Å². The van der Waals surface area contributed by atoms with Gasteiger partial charge in [0, 0.05) is 0 Å². The van der Waals surface area contributed by atoms with Gasteiger partial charge < -0.3 is 25.2 Å². The van der Waals surface area contributed by atoms with Gasteiger partial charge in [0.2, 0.25) is 0 Å². The van der Waals surface area contributed by atoms with Crippen molar-refractivity contribution in [2.24, 2.45) is 5.16 Å². The molecular formula is C11H21NO9S2. The normalized spacial score (nSPS) is 32.8. The van der Waals surface area contributed by atoms with Gasteiger partial charge in [-0.05, 0) is 12.8 Å². The number of aliphatic hydroxyl groups is 4. The second-order valence-corrected chi connectivity index (χ2v) is 7.08. The number of oxime groups is 1. The number of aliphatic hydroxyl groups excluding tert-OH is 4. The molecule has 1 saturated heterocycles. The molecule has 1 heterocycles. The first kappa shape index (κ1) is 20.6. The van der Waals surface area contributed by atoms with E-state index >= 15 is 0 Å². The van der Waals surface area contributed by atoms with Gasteiger partial charge in [0.1, 0.15) is 34.9 Å². The van der Waals surface area contributed by atoms with Gasteiger partial charge in [0.15, 0.2) is 0 Å². The van der Waals surface area contributed by atoms with E-state index in [1.165, 1.54) is 0 Å². The molecule has 0 radical (unpaired) electrons. The van der Waals surface area contributed by atoms with Gasteiger partial charge in [0.25, 0.3) is 0 Å². The van der Waals surface area contributed by atoms with Crippen LogP contribution in [0.1, 0.15) is 26.2 Å². The predicted octanol–water partition coefficient (Wildman–Crippen LogP) is -1.16. The zero-order valence-electron chi connectivity index (χ0n) is 12.3. The molecular weight excluding hydrogens is 354 g/mol. The molecule has 0 aliphatic carbocycles. The maximum atomic E-state index is 10.6. The molecule has 1 aliphatic heterocycles. The average molecular weight is 375 g/mol. The lowest BCUT2D eigenvalue weighted by Gasteiger charge is -2.39. The van der Waals surface area contributed by atoms with E-state index in [1.54, 1.807) is 0 Å². The Labute approximate surface area is 138 Å². The number of thioether (sulfide) groups is 1. The van der Waals surface area contributed by atoms with Crippen molar-refractivity contribution in [3.63, 3.8) is 0 Å². The summed E-state index contributed by atoms with van der Waals surface area (Å²) in [4.78, 5) is 0. The van der Waals surface area contributed by atoms with E-state index in [1.807, 2.05) is 6.92 Å². The minimum Gasteiger partial charge on any atom is -0.394 e. The molecule has 1 rings (SSSR count). The molecule has 23 heavy (non-hydrogen) atoms. The monoisotopic (exact) mass is 375 g/mol. The summed E-state index contributed by atoms with van der Waals surface area (Å²) in [6.45, 7) is 1.31. The Morgan fingerprint density at radius 2 is 1.91 bits per heavy atom. The second kappa shape index (κ2) is 9.13. The maximum Gasteiger partial charge on any atom is 0.466 e. The van der Waals surface area contributed by atoms with Crippen molar-refractivity contribution in [1.29, 1.82) is 0 Å². The van der Waals surface area contributed by atoms with Crippen molar-refractivity contribution in [3.05, 3.63) is 0 Å². The zero-order chi connectivity index (χ0) is 17.6. The van der Waals surface area contributed by atoms with Crippen molar-refractivity contribution in [3.8, 4) is 0 Å². The molecule has 5 unspecified atom stereocenters. The average Bonchev–Trinajstić information content (AvgIpc) is 2.49. The Morgan fingerprint density at radius 3 is 2.43 bits per heavy atom. The highest BCUT2D eigenvalue weighted by molar-refractivity contribution is 8.14. The summed E-state index contributed by atoms with van der Waals surface area (Å²) in [7, 11) is -4.77. The highest BCUT2D eigenvalue weighted by atomic mass is 32.3. The first-order valence-corrected chi connectivity index (χ1v) is 9.14. The van der Waals surface area contributed by atoms with Crippen molar-refractivity contribution >= 4 is 27.2 Å². The molecule has 0 aromatic carbocycles. The minimum atomic E-state index is -4.77. The lowest BCUT2D eigenvalue weighted by molar-refractivity contribution is -0.205. The highest BCUT2D eigenvalue weighted by Gasteiger charge is 2.44. The molecule has 5 N–H and O–H groups in total. The van der Waals surface area contributed by atoms with Crippen molar-refractivity contribution in [2.45, 2.75) is 56.0 Å². The van der Waals surface area contributed by atoms with Crippen LogP contribution in [0.2, 0.25) is 0 Å². The third kappa shape index (κ3) is 6.51. The Balaban J connectivity index is 2.84. The first-order valence-electron chi connectivity index (χ1n) is 6.89. The summed E-state index contributed by atoms with van der Waals surface area (Å²) >= 11 is 0.774. The molecule has 0 amide bonds. The number of hydrogen-bond acceptors (Lipinski definition) is 10. The van der Waals surface area contributed by atoms with Crippen molar-refractivity contribution in [1.82, 2.24) is 0 Å². The zero-order valence-corrected chi connectivity index (χ0v) is 14.0. The summed E-state index contributed by atoms with van der Waals surface area (Å²) in [6, 6.07) is 0. The van der Waals surface area contributed by atoms with Crippen LogP contribution in [0.3, 0.4) is 0 Å². The van der Waals surface area contributed by atoms with E-state index in [0.717, 1.165) is 18.2 Å². The number of hydrogen-bond donors (Lipinski definition) is 5. The first-order chi connectivity index (χ1) is 10.7. The second-order valence-electron chi connectivity index (χ2n) is 4.91. The summed E-state index contributed by atoms with van der Waals surface area (Å²) < 4.78 is 39.0. The van der Waals surface area contributed by atoms with E-state index < -0.39 is 46.9 Å². The van der Waals surface area contributed by atoms with Crippen LogP contribution < -0.4 is 0 Å². The van der Waals surface area contributed by atoms with Crippen LogP contribution in [0.5, 0.6) is 0 Å². The van der Waals surface area contributed by atoms with Gasteiger partial charge in [-0.3, -0.25) is 4.55 Å². The Hall–Kier alpha value is -0.470. The minimum absolute atomic E-state index is 0.105. The van der Waals surface area contributed by atoms with Crippen LogP contribution in [-0.4, -0.2) is 74.9 Å². The molecule has 136 valence electrons. The molecule has 0 saturated carbocycles. The van der Waals surface area contributed by atoms with Gasteiger partial charge in [-0.1, -0.05) is 30.3 Å². The van der Waals surface area contributed by atoms with E-state index in [-0.39, 0.29) is 11.5 Å². The van der Waals surface area contributed by atoms with Crippen LogP contribution in [0.25, 0.3) is 0 Å². The third-order valence-corrected chi connectivity index (χ3v) is 4.51. The number of unbranched alkanes of at least 4 members (excludes halogenated alkanes) is 1. The smallest absolute Gasteiger partial charge is 0.394 e. The topological polar surface area (TPSA) is 166 Å².